The van der Waals surface area contributed by atoms with E-state index in [0.717, 1.165) is 17.8 Å². The Bertz CT molecular complexity index is 390. The minimum Gasteiger partial charge on any atom is -0.323 e. The number of hydrogen-bond donors (Lipinski definition) is 1. The fourth-order valence-corrected chi connectivity index (χ4v) is 4.95. The Kier molecular flexibility index (Phi) is 3.04. The molecule has 3 rings (SSSR count). The molecule has 94 valence electrons. The summed E-state index contributed by atoms with van der Waals surface area (Å²) in [5, 5.41) is 0. The lowest BCUT2D eigenvalue weighted by Crippen LogP contribution is -2.18. The molecule has 2 aliphatic carbocycles. The maximum atomic E-state index is 6.40. The fourth-order valence-electron chi connectivity index (χ4n) is 3.89. The topological polar surface area (TPSA) is 26.0 Å². The van der Waals surface area contributed by atoms with Gasteiger partial charge in [0.05, 0.1) is 0 Å². The molecule has 1 nitrogen and oxygen atoms in total. The van der Waals surface area contributed by atoms with E-state index in [1.165, 1.54) is 47.4 Å². The minimum absolute atomic E-state index is 0.289. The Hall–Kier alpha value is -0.340. The van der Waals surface area contributed by atoms with Gasteiger partial charge < -0.3 is 5.73 Å². The summed E-state index contributed by atoms with van der Waals surface area (Å²) in [4.78, 5) is 2.84. The molecule has 0 amide bonds. The second-order valence-electron chi connectivity index (χ2n) is 6.17. The van der Waals surface area contributed by atoms with Gasteiger partial charge in [0.15, 0.2) is 0 Å². The van der Waals surface area contributed by atoms with Crippen molar-refractivity contribution in [3.8, 4) is 0 Å². The van der Waals surface area contributed by atoms with Crippen molar-refractivity contribution in [1.29, 1.82) is 0 Å². The monoisotopic (exact) mass is 249 g/mol. The van der Waals surface area contributed by atoms with Crippen molar-refractivity contribution in [3.63, 3.8) is 0 Å². The van der Waals surface area contributed by atoms with Gasteiger partial charge in [-0.1, -0.05) is 6.42 Å². The van der Waals surface area contributed by atoms with Gasteiger partial charge in [-0.05, 0) is 68.9 Å². The average molecular weight is 249 g/mol. The van der Waals surface area contributed by atoms with Crippen LogP contribution in [0, 0.1) is 31.6 Å². The van der Waals surface area contributed by atoms with Crippen LogP contribution >= 0.6 is 11.3 Å². The van der Waals surface area contributed by atoms with Gasteiger partial charge in [-0.15, -0.1) is 11.3 Å². The van der Waals surface area contributed by atoms with Crippen molar-refractivity contribution in [2.24, 2.45) is 23.5 Å². The number of hydrogen-bond acceptors (Lipinski definition) is 2. The van der Waals surface area contributed by atoms with E-state index in [0.29, 0.717) is 0 Å². The van der Waals surface area contributed by atoms with Crippen LogP contribution in [0.1, 0.15) is 53.5 Å². The van der Waals surface area contributed by atoms with Crippen LogP contribution in [-0.4, -0.2) is 0 Å². The third kappa shape index (κ3) is 2.17. The second-order valence-corrected chi connectivity index (χ2v) is 7.45. The molecule has 0 aromatic carbocycles. The van der Waals surface area contributed by atoms with Crippen LogP contribution in [0.5, 0.6) is 0 Å². The van der Waals surface area contributed by atoms with Crippen molar-refractivity contribution < 1.29 is 0 Å². The van der Waals surface area contributed by atoms with Gasteiger partial charge in [0.25, 0.3) is 0 Å². The Morgan fingerprint density at radius 3 is 2.71 bits per heavy atom. The zero-order chi connectivity index (χ0) is 12.0. The minimum atomic E-state index is 0.289. The van der Waals surface area contributed by atoms with Crippen LogP contribution in [0.15, 0.2) is 6.07 Å². The number of aryl methyl sites for hydroxylation is 2. The van der Waals surface area contributed by atoms with Crippen molar-refractivity contribution >= 4 is 11.3 Å². The lowest BCUT2D eigenvalue weighted by molar-refractivity contribution is 0.297. The Balaban J connectivity index is 1.65. The van der Waals surface area contributed by atoms with Crippen molar-refractivity contribution in [2.75, 3.05) is 0 Å². The summed E-state index contributed by atoms with van der Waals surface area (Å²) in [5.74, 6) is 2.98. The van der Waals surface area contributed by atoms with Crippen LogP contribution < -0.4 is 5.73 Å². The Labute approximate surface area is 108 Å². The zero-order valence-electron chi connectivity index (χ0n) is 10.9. The van der Waals surface area contributed by atoms with Crippen LogP contribution in [0.2, 0.25) is 0 Å². The molecule has 1 heterocycles. The molecule has 2 saturated carbocycles. The number of nitrogens with two attached hydrogens (primary N) is 1. The maximum absolute atomic E-state index is 6.40. The molecule has 17 heavy (non-hydrogen) atoms. The van der Waals surface area contributed by atoms with E-state index in [1.54, 1.807) is 0 Å². The lowest BCUT2D eigenvalue weighted by atomic mass is 9.84. The molecule has 4 unspecified atom stereocenters. The van der Waals surface area contributed by atoms with E-state index in [1.807, 2.05) is 11.3 Å². The van der Waals surface area contributed by atoms with Gasteiger partial charge >= 0.3 is 0 Å². The first-order valence-electron chi connectivity index (χ1n) is 6.96. The number of fused-ring (bicyclic) bond motifs is 2. The summed E-state index contributed by atoms with van der Waals surface area (Å²) < 4.78 is 0. The van der Waals surface area contributed by atoms with Crippen LogP contribution in [0.3, 0.4) is 0 Å². The van der Waals surface area contributed by atoms with E-state index in [4.69, 9.17) is 5.73 Å². The zero-order valence-corrected chi connectivity index (χ0v) is 11.7. The highest BCUT2D eigenvalue weighted by atomic mass is 32.1. The highest BCUT2D eigenvalue weighted by Crippen LogP contribution is 2.50. The summed E-state index contributed by atoms with van der Waals surface area (Å²) >= 11 is 1.90. The van der Waals surface area contributed by atoms with Gasteiger partial charge in [0.1, 0.15) is 0 Å². The molecule has 4 atom stereocenters. The SMILES string of the molecule is Cc1cc(C(N)CC2CC3CCC2C3)sc1C. The quantitative estimate of drug-likeness (QED) is 0.854. The Morgan fingerprint density at radius 1 is 1.35 bits per heavy atom. The number of rotatable bonds is 3. The molecule has 2 fully saturated rings. The fraction of sp³-hybridized carbons (Fsp3) is 0.733. The summed E-state index contributed by atoms with van der Waals surface area (Å²) in [6.07, 6.45) is 7.15. The maximum Gasteiger partial charge on any atom is 0.0392 e. The van der Waals surface area contributed by atoms with Crippen molar-refractivity contribution in [2.45, 2.75) is 52.0 Å². The molecule has 1 aromatic heterocycles. The van der Waals surface area contributed by atoms with E-state index >= 15 is 0 Å². The van der Waals surface area contributed by atoms with Gasteiger partial charge in [-0.2, -0.15) is 0 Å². The highest BCUT2D eigenvalue weighted by Gasteiger charge is 2.39. The van der Waals surface area contributed by atoms with Gasteiger partial charge in [0, 0.05) is 15.8 Å². The first-order valence-corrected chi connectivity index (χ1v) is 7.77. The second kappa shape index (κ2) is 4.40. The summed E-state index contributed by atoms with van der Waals surface area (Å²) in [6.45, 7) is 4.40. The Morgan fingerprint density at radius 2 is 2.18 bits per heavy atom. The molecule has 2 bridgehead atoms. The van der Waals surface area contributed by atoms with Gasteiger partial charge in [-0.25, -0.2) is 0 Å². The molecule has 0 radical (unpaired) electrons. The molecule has 0 spiro atoms. The highest BCUT2D eigenvalue weighted by molar-refractivity contribution is 7.12. The predicted octanol–water partition coefficient (Wildman–Crippen LogP) is 4.19. The lowest BCUT2D eigenvalue weighted by Gasteiger charge is -2.24. The summed E-state index contributed by atoms with van der Waals surface area (Å²) in [5.41, 5.74) is 7.81. The molecule has 2 heteroatoms. The number of thiophene rings is 1. The predicted molar refractivity (Wildman–Crippen MR) is 74.3 cm³/mol. The molecular weight excluding hydrogens is 226 g/mol. The average Bonchev–Trinajstić information content (AvgIpc) is 2.95. The third-order valence-electron chi connectivity index (χ3n) is 4.99. The van der Waals surface area contributed by atoms with Crippen LogP contribution in [0.25, 0.3) is 0 Å². The van der Waals surface area contributed by atoms with Crippen molar-refractivity contribution in [1.82, 2.24) is 0 Å². The first kappa shape index (κ1) is 11.7. The molecule has 2 N–H and O–H groups in total. The molecule has 2 aliphatic rings. The summed E-state index contributed by atoms with van der Waals surface area (Å²) in [6, 6.07) is 2.59. The third-order valence-corrected chi connectivity index (χ3v) is 6.28. The standard InChI is InChI=1S/C15H23NS/c1-9-5-15(17-10(9)2)14(16)8-13-7-11-3-4-12(13)6-11/h5,11-14H,3-4,6-8,16H2,1-2H3. The van der Waals surface area contributed by atoms with E-state index < -0.39 is 0 Å². The van der Waals surface area contributed by atoms with E-state index in [9.17, 15) is 0 Å². The molecular formula is C15H23NS. The summed E-state index contributed by atoms with van der Waals surface area (Å²) in [7, 11) is 0. The normalized spacial score (nSPS) is 33.2. The van der Waals surface area contributed by atoms with E-state index in [-0.39, 0.29) is 6.04 Å². The van der Waals surface area contributed by atoms with Gasteiger partial charge in [0.2, 0.25) is 0 Å². The smallest absolute Gasteiger partial charge is 0.0392 e. The first-order chi connectivity index (χ1) is 8.13. The van der Waals surface area contributed by atoms with Gasteiger partial charge in [-0.3, -0.25) is 0 Å². The molecule has 1 aromatic rings. The van der Waals surface area contributed by atoms with Crippen molar-refractivity contribution in [3.05, 3.63) is 21.4 Å². The molecule has 0 saturated heterocycles. The van der Waals surface area contributed by atoms with Crippen LogP contribution in [0.4, 0.5) is 0 Å². The molecule has 0 aliphatic heterocycles. The van der Waals surface area contributed by atoms with E-state index in [2.05, 4.69) is 19.9 Å². The largest absolute Gasteiger partial charge is 0.323 e. The van der Waals surface area contributed by atoms with Crippen LogP contribution in [-0.2, 0) is 0 Å².